The van der Waals surface area contributed by atoms with Crippen molar-refractivity contribution in [3.05, 3.63) is 28.2 Å². The van der Waals surface area contributed by atoms with Gasteiger partial charge < -0.3 is 4.74 Å². The van der Waals surface area contributed by atoms with E-state index in [0.29, 0.717) is 4.47 Å². The minimum absolute atomic E-state index is 0.360. The zero-order valence-corrected chi connectivity index (χ0v) is 10.2. The summed E-state index contributed by atoms with van der Waals surface area (Å²) in [6.45, 7) is 1.34. The van der Waals surface area contributed by atoms with Crippen molar-refractivity contribution in [1.82, 2.24) is 4.98 Å². The van der Waals surface area contributed by atoms with Gasteiger partial charge >= 0.3 is 5.97 Å². The quantitative estimate of drug-likeness (QED) is 0.485. The molecule has 0 fully saturated rings. The van der Waals surface area contributed by atoms with Crippen molar-refractivity contribution in [3.8, 4) is 0 Å². The second-order valence-electron chi connectivity index (χ2n) is 3.09. The third kappa shape index (κ3) is 2.63. The van der Waals surface area contributed by atoms with Crippen LogP contribution in [0.4, 0.5) is 4.39 Å². The van der Waals surface area contributed by atoms with E-state index in [1.165, 1.54) is 13.1 Å². The summed E-state index contributed by atoms with van der Waals surface area (Å²) in [4.78, 5) is 26.4. The van der Waals surface area contributed by atoms with Crippen LogP contribution in [0.1, 0.15) is 17.4 Å². The fraction of sp³-hybridized carbons (Fsp3) is 0.300. The molecule has 16 heavy (non-hydrogen) atoms. The average molecular weight is 290 g/mol. The number of carbonyl (C=O) groups is 2. The minimum Gasteiger partial charge on any atom is -0.468 e. The number of nitrogens with zero attached hydrogens (tertiary/aromatic N) is 1. The Labute approximate surface area is 99.9 Å². The zero-order valence-electron chi connectivity index (χ0n) is 8.66. The van der Waals surface area contributed by atoms with Crippen molar-refractivity contribution in [2.75, 3.05) is 7.11 Å². The van der Waals surface area contributed by atoms with E-state index >= 15 is 0 Å². The molecule has 0 saturated carbocycles. The lowest BCUT2D eigenvalue weighted by Crippen LogP contribution is -2.24. The van der Waals surface area contributed by atoms with Crippen molar-refractivity contribution in [2.45, 2.75) is 6.92 Å². The summed E-state index contributed by atoms with van der Waals surface area (Å²) in [6.07, 6.45) is 1.29. The van der Waals surface area contributed by atoms with Gasteiger partial charge in [-0.3, -0.25) is 9.59 Å². The van der Waals surface area contributed by atoms with Crippen LogP contribution in [0.2, 0.25) is 0 Å². The van der Waals surface area contributed by atoms with E-state index < -0.39 is 23.5 Å². The standard InChI is InChI=1S/C10H9BrFNO3/c1-5(10(15)16-2)9(14)8-7(12)3-6(11)4-13-8/h3-5H,1-2H3. The Kier molecular flexibility index (Phi) is 4.12. The first-order valence-corrected chi connectivity index (χ1v) is 5.19. The van der Waals surface area contributed by atoms with Gasteiger partial charge in [-0.15, -0.1) is 0 Å². The highest BCUT2D eigenvalue weighted by atomic mass is 79.9. The molecule has 0 bridgehead atoms. The number of halogens is 2. The van der Waals surface area contributed by atoms with Gasteiger partial charge in [-0.25, -0.2) is 9.37 Å². The van der Waals surface area contributed by atoms with Gasteiger partial charge in [-0.1, -0.05) is 0 Å². The number of methoxy groups -OCH3 is 1. The van der Waals surface area contributed by atoms with Gasteiger partial charge in [0.1, 0.15) is 11.6 Å². The number of Topliss-reactive ketones (excluding diaryl/α,β-unsaturated/α-hetero) is 1. The molecule has 1 heterocycles. The molecule has 0 aromatic carbocycles. The fourth-order valence-electron chi connectivity index (χ4n) is 1.08. The average Bonchev–Trinajstić information content (AvgIpc) is 2.26. The Morgan fingerprint density at radius 2 is 2.19 bits per heavy atom. The first-order valence-electron chi connectivity index (χ1n) is 4.40. The molecule has 0 radical (unpaired) electrons. The van der Waals surface area contributed by atoms with E-state index in [1.54, 1.807) is 0 Å². The Balaban J connectivity index is 3.01. The van der Waals surface area contributed by atoms with Gasteiger partial charge in [-0.05, 0) is 28.9 Å². The smallest absolute Gasteiger partial charge is 0.316 e. The highest BCUT2D eigenvalue weighted by Crippen LogP contribution is 2.16. The van der Waals surface area contributed by atoms with Crippen molar-refractivity contribution in [1.29, 1.82) is 0 Å². The van der Waals surface area contributed by atoms with Gasteiger partial charge in [-0.2, -0.15) is 0 Å². The molecule has 1 aromatic rings. The number of hydrogen-bond acceptors (Lipinski definition) is 4. The molecule has 1 aromatic heterocycles. The maximum atomic E-state index is 13.4. The number of ether oxygens (including phenoxy) is 1. The topological polar surface area (TPSA) is 56.3 Å². The molecule has 6 heteroatoms. The van der Waals surface area contributed by atoms with Crippen LogP contribution in [0, 0.1) is 11.7 Å². The van der Waals surface area contributed by atoms with Gasteiger partial charge in [0.15, 0.2) is 11.6 Å². The van der Waals surface area contributed by atoms with Gasteiger partial charge in [0.05, 0.1) is 7.11 Å². The Bertz CT molecular complexity index is 436. The molecule has 1 rings (SSSR count). The lowest BCUT2D eigenvalue weighted by Gasteiger charge is -2.07. The summed E-state index contributed by atoms with van der Waals surface area (Å²) in [5.74, 6) is -3.24. The van der Waals surface area contributed by atoms with Crippen LogP contribution in [-0.2, 0) is 9.53 Å². The molecule has 0 N–H and O–H groups in total. The number of aromatic nitrogens is 1. The van der Waals surface area contributed by atoms with Crippen LogP contribution in [0.15, 0.2) is 16.7 Å². The predicted molar refractivity (Wildman–Crippen MR) is 57.4 cm³/mol. The fourth-order valence-corrected chi connectivity index (χ4v) is 1.39. The lowest BCUT2D eigenvalue weighted by molar-refractivity contribution is -0.143. The number of rotatable bonds is 3. The number of esters is 1. The van der Waals surface area contributed by atoms with Crippen molar-refractivity contribution in [2.24, 2.45) is 5.92 Å². The molecule has 0 aliphatic heterocycles. The number of ketones is 1. The van der Waals surface area contributed by atoms with E-state index in [2.05, 4.69) is 25.7 Å². The summed E-state index contributed by atoms with van der Waals surface area (Å²) < 4.78 is 18.2. The van der Waals surface area contributed by atoms with E-state index in [1.807, 2.05) is 0 Å². The molecule has 1 unspecified atom stereocenters. The third-order valence-electron chi connectivity index (χ3n) is 1.99. The molecular formula is C10H9BrFNO3. The summed E-state index contributed by atoms with van der Waals surface area (Å²) in [7, 11) is 1.16. The summed E-state index contributed by atoms with van der Waals surface area (Å²) in [5.41, 5.74) is -0.360. The summed E-state index contributed by atoms with van der Waals surface area (Å²) in [6, 6.07) is 1.12. The monoisotopic (exact) mass is 289 g/mol. The van der Waals surface area contributed by atoms with Gasteiger partial charge in [0.2, 0.25) is 0 Å². The van der Waals surface area contributed by atoms with Gasteiger partial charge in [0, 0.05) is 10.7 Å². The van der Waals surface area contributed by atoms with Crippen LogP contribution in [-0.4, -0.2) is 23.8 Å². The molecule has 1 atom stereocenters. The Morgan fingerprint density at radius 3 is 2.69 bits per heavy atom. The van der Waals surface area contributed by atoms with E-state index in [4.69, 9.17) is 0 Å². The van der Waals surface area contributed by atoms with Crippen LogP contribution in [0.25, 0.3) is 0 Å². The number of pyridine rings is 1. The lowest BCUT2D eigenvalue weighted by atomic mass is 10.0. The largest absolute Gasteiger partial charge is 0.468 e. The molecule has 0 amide bonds. The van der Waals surface area contributed by atoms with Gasteiger partial charge in [0.25, 0.3) is 0 Å². The first kappa shape index (κ1) is 12.8. The maximum absolute atomic E-state index is 13.4. The van der Waals surface area contributed by atoms with Crippen LogP contribution >= 0.6 is 15.9 Å². The second-order valence-corrected chi connectivity index (χ2v) is 4.01. The van der Waals surface area contributed by atoms with Crippen LogP contribution < -0.4 is 0 Å². The molecule has 0 saturated heterocycles. The third-order valence-corrected chi connectivity index (χ3v) is 2.42. The van der Waals surface area contributed by atoms with Crippen molar-refractivity contribution < 1.29 is 18.7 Å². The predicted octanol–water partition coefficient (Wildman–Crippen LogP) is 1.97. The van der Waals surface area contributed by atoms with E-state index in [0.717, 1.165) is 13.2 Å². The van der Waals surface area contributed by atoms with Crippen LogP contribution in [0.5, 0.6) is 0 Å². The second kappa shape index (κ2) is 5.16. The van der Waals surface area contributed by atoms with Crippen LogP contribution in [0.3, 0.4) is 0 Å². The van der Waals surface area contributed by atoms with Crippen molar-refractivity contribution >= 4 is 27.7 Å². The normalized spacial score (nSPS) is 12.0. The maximum Gasteiger partial charge on any atom is 0.316 e. The molecule has 0 spiro atoms. The highest BCUT2D eigenvalue weighted by molar-refractivity contribution is 9.10. The Morgan fingerprint density at radius 1 is 1.56 bits per heavy atom. The highest BCUT2D eigenvalue weighted by Gasteiger charge is 2.26. The molecule has 86 valence electrons. The molecule has 0 aliphatic rings. The van der Waals surface area contributed by atoms with E-state index in [9.17, 15) is 14.0 Å². The summed E-state index contributed by atoms with van der Waals surface area (Å²) >= 11 is 3.02. The minimum atomic E-state index is -1.06. The van der Waals surface area contributed by atoms with Crippen molar-refractivity contribution in [3.63, 3.8) is 0 Å². The Hall–Kier alpha value is -1.30. The zero-order chi connectivity index (χ0) is 12.3. The van der Waals surface area contributed by atoms with E-state index in [-0.39, 0.29) is 5.69 Å². The molecule has 4 nitrogen and oxygen atoms in total. The number of hydrogen-bond donors (Lipinski definition) is 0. The SMILES string of the molecule is COC(=O)C(C)C(=O)c1ncc(Br)cc1F. The molecule has 0 aliphatic carbocycles. The summed E-state index contributed by atoms with van der Waals surface area (Å²) in [5, 5.41) is 0. The first-order chi connectivity index (χ1) is 7.47. The molecular weight excluding hydrogens is 281 g/mol. The number of carbonyl (C=O) groups excluding carboxylic acids is 2.